The fourth-order valence-electron chi connectivity index (χ4n) is 3.04. The van der Waals surface area contributed by atoms with Crippen LogP contribution in [0.1, 0.15) is 37.4 Å². The van der Waals surface area contributed by atoms with Crippen molar-refractivity contribution in [2.75, 3.05) is 0 Å². The van der Waals surface area contributed by atoms with Crippen LogP contribution in [0.4, 0.5) is 0 Å². The van der Waals surface area contributed by atoms with Gasteiger partial charge in [-0.1, -0.05) is 67.9 Å². The van der Waals surface area contributed by atoms with Gasteiger partial charge in [-0.2, -0.15) is 0 Å². The average Bonchev–Trinajstić information content (AvgIpc) is 2.66. The third kappa shape index (κ3) is 4.58. The SMILES string of the molecule is CC(C)C1=NC(c2ccc(Cl)cc2)CC(O)=C1C(=O)OCc1ccccc1. The first kappa shape index (κ1) is 19.2. The predicted octanol–water partition coefficient (Wildman–Crippen LogP) is 5.44. The second-order valence-electron chi connectivity index (χ2n) is 6.82. The van der Waals surface area contributed by atoms with Crippen molar-refractivity contribution in [2.45, 2.75) is 32.9 Å². The molecule has 2 aromatic carbocycles. The number of carbonyl (C=O) groups is 1. The van der Waals surface area contributed by atoms with Gasteiger partial charge in [0, 0.05) is 11.4 Å². The quantitative estimate of drug-likeness (QED) is 0.699. The molecule has 0 bridgehead atoms. The molecule has 0 aromatic heterocycles. The molecule has 5 heteroatoms. The van der Waals surface area contributed by atoms with Gasteiger partial charge in [-0.05, 0) is 29.2 Å². The van der Waals surface area contributed by atoms with E-state index in [-0.39, 0.29) is 36.3 Å². The zero-order valence-electron chi connectivity index (χ0n) is 15.4. The Balaban J connectivity index is 1.81. The Hall–Kier alpha value is -2.59. The lowest BCUT2D eigenvalue weighted by atomic mass is 9.91. The number of rotatable bonds is 5. The van der Waals surface area contributed by atoms with Crippen LogP contribution in [0.2, 0.25) is 5.02 Å². The molecule has 0 radical (unpaired) electrons. The molecule has 140 valence electrons. The van der Waals surface area contributed by atoms with E-state index in [1.54, 1.807) is 12.1 Å². The third-order valence-electron chi connectivity index (χ3n) is 4.44. The second-order valence-corrected chi connectivity index (χ2v) is 7.26. The summed E-state index contributed by atoms with van der Waals surface area (Å²) in [6.45, 7) is 4.05. The van der Waals surface area contributed by atoms with E-state index in [1.807, 2.05) is 56.3 Å². The number of halogens is 1. The molecule has 1 aliphatic heterocycles. The van der Waals surface area contributed by atoms with Crippen molar-refractivity contribution in [1.82, 2.24) is 0 Å². The standard InChI is InChI=1S/C22H22ClNO3/c1-14(2)21-20(22(26)27-13-15-6-4-3-5-7-15)19(25)12-18(24-21)16-8-10-17(23)11-9-16/h3-11,14,18,25H,12-13H2,1-2H3. The van der Waals surface area contributed by atoms with Crippen LogP contribution in [0.3, 0.4) is 0 Å². The maximum absolute atomic E-state index is 12.6. The first-order chi connectivity index (χ1) is 13.0. The van der Waals surface area contributed by atoms with Crippen LogP contribution in [-0.2, 0) is 16.1 Å². The second kappa shape index (κ2) is 8.40. The first-order valence-electron chi connectivity index (χ1n) is 8.92. The Kier molecular flexibility index (Phi) is 5.97. The van der Waals surface area contributed by atoms with Crippen molar-refractivity contribution in [1.29, 1.82) is 0 Å². The first-order valence-corrected chi connectivity index (χ1v) is 9.30. The van der Waals surface area contributed by atoms with Gasteiger partial charge in [0.05, 0.1) is 11.8 Å². The van der Waals surface area contributed by atoms with Gasteiger partial charge in [-0.3, -0.25) is 4.99 Å². The Morgan fingerprint density at radius 1 is 1.19 bits per heavy atom. The monoisotopic (exact) mass is 383 g/mol. The van der Waals surface area contributed by atoms with E-state index < -0.39 is 5.97 Å². The Morgan fingerprint density at radius 2 is 1.85 bits per heavy atom. The Bertz CT molecular complexity index is 870. The van der Waals surface area contributed by atoms with Gasteiger partial charge in [-0.15, -0.1) is 0 Å². The molecule has 1 unspecified atom stereocenters. The van der Waals surface area contributed by atoms with Crippen molar-refractivity contribution < 1.29 is 14.6 Å². The summed E-state index contributed by atoms with van der Waals surface area (Å²) in [4.78, 5) is 17.4. The van der Waals surface area contributed by atoms with Crippen LogP contribution in [0.5, 0.6) is 0 Å². The molecule has 0 saturated heterocycles. The number of carbonyl (C=O) groups excluding carboxylic acids is 1. The highest BCUT2D eigenvalue weighted by Crippen LogP contribution is 2.33. The van der Waals surface area contributed by atoms with Gasteiger partial charge < -0.3 is 9.84 Å². The van der Waals surface area contributed by atoms with Crippen molar-refractivity contribution in [3.8, 4) is 0 Å². The number of hydrogen-bond donors (Lipinski definition) is 1. The highest BCUT2D eigenvalue weighted by atomic mass is 35.5. The lowest BCUT2D eigenvalue weighted by Crippen LogP contribution is -2.26. The van der Waals surface area contributed by atoms with E-state index in [1.165, 1.54) is 0 Å². The molecule has 1 aliphatic rings. The predicted molar refractivity (Wildman–Crippen MR) is 107 cm³/mol. The highest BCUT2D eigenvalue weighted by Gasteiger charge is 2.31. The molecular weight excluding hydrogens is 362 g/mol. The molecule has 2 aromatic rings. The Morgan fingerprint density at radius 3 is 2.48 bits per heavy atom. The lowest BCUT2D eigenvalue weighted by molar-refractivity contribution is -0.139. The van der Waals surface area contributed by atoms with Crippen molar-refractivity contribution in [2.24, 2.45) is 10.9 Å². The summed E-state index contributed by atoms with van der Waals surface area (Å²) in [5.74, 6) is -0.549. The van der Waals surface area contributed by atoms with Crippen LogP contribution in [0.25, 0.3) is 0 Å². The molecule has 1 heterocycles. The van der Waals surface area contributed by atoms with E-state index in [0.717, 1.165) is 11.1 Å². The molecule has 0 aliphatic carbocycles. The normalized spacial score (nSPS) is 17.0. The number of esters is 1. The van der Waals surface area contributed by atoms with Crippen LogP contribution >= 0.6 is 11.6 Å². The molecule has 1 atom stereocenters. The summed E-state index contributed by atoms with van der Waals surface area (Å²) >= 11 is 5.95. The molecule has 0 spiro atoms. The summed E-state index contributed by atoms with van der Waals surface area (Å²) in [5, 5.41) is 11.3. The topological polar surface area (TPSA) is 58.9 Å². The van der Waals surface area contributed by atoms with Crippen molar-refractivity contribution in [3.63, 3.8) is 0 Å². The van der Waals surface area contributed by atoms with Gasteiger partial charge in [0.1, 0.15) is 17.9 Å². The Labute approximate surface area is 164 Å². The summed E-state index contributed by atoms with van der Waals surface area (Å²) in [6, 6.07) is 16.6. The number of nitrogens with zero attached hydrogens (tertiary/aromatic N) is 1. The molecule has 0 saturated carbocycles. The fraction of sp³-hybridized carbons (Fsp3) is 0.273. The average molecular weight is 384 g/mol. The minimum Gasteiger partial charge on any atom is -0.511 e. The largest absolute Gasteiger partial charge is 0.511 e. The van der Waals surface area contributed by atoms with E-state index in [2.05, 4.69) is 0 Å². The number of aliphatic hydroxyl groups is 1. The summed E-state index contributed by atoms with van der Waals surface area (Å²) < 4.78 is 5.42. The molecule has 0 fully saturated rings. The van der Waals surface area contributed by atoms with Crippen LogP contribution in [0, 0.1) is 5.92 Å². The van der Waals surface area contributed by atoms with Crippen molar-refractivity contribution >= 4 is 23.3 Å². The molecule has 27 heavy (non-hydrogen) atoms. The van der Waals surface area contributed by atoms with Gasteiger partial charge in [0.25, 0.3) is 0 Å². The van der Waals surface area contributed by atoms with Gasteiger partial charge in [0.15, 0.2) is 0 Å². The van der Waals surface area contributed by atoms with E-state index in [9.17, 15) is 9.90 Å². The maximum atomic E-state index is 12.6. The third-order valence-corrected chi connectivity index (χ3v) is 4.70. The van der Waals surface area contributed by atoms with E-state index in [0.29, 0.717) is 10.7 Å². The van der Waals surface area contributed by atoms with Crippen LogP contribution in [-0.4, -0.2) is 16.8 Å². The summed E-state index contributed by atoms with van der Waals surface area (Å²) in [7, 11) is 0. The number of hydrogen-bond acceptors (Lipinski definition) is 4. The minimum absolute atomic E-state index is 0.0201. The fourth-order valence-corrected chi connectivity index (χ4v) is 3.17. The van der Waals surface area contributed by atoms with Crippen LogP contribution in [0.15, 0.2) is 70.9 Å². The maximum Gasteiger partial charge on any atom is 0.343 e. The van der Waals surface area contributed by atoms with Crippen molar-refractivity contribution in [3.05, 3.63) is 82.1 Å². The van der Waals surface area contributed by atoms with Crippen LogP contribution < -0.4 is 0 Å². The zero-order valence-corrected chi connectivity index (χ0v) is 16.1. The lowest BCUT2D eigenvalue weighted by Gasteiger charge is -2.25. The van der Waals surface area contributed by atoms with Gasteiger partial charge in [-0.25, -0.2) is 4.79 Å². The zero-order chi connectivity index (χ0) is 19.4. The number of aliphatic imine (C=N–C) groups is 1. The molecular formula is C22H22ClNO3. The number of ether oxygens (including phenoxy) is 1. The molecule has 0 amide bonds. The summed E-state index contributed by atoms with van der Waals surface area (Å²) in [6.07, 6.45) is 0.258. The van der Waals surface area contributed by atoms with E-state index >= 15 is 0 Å². The minimum atomic E-state index is -0.543. The highest BCUT2D eigenvalue weighted by molar-refractivity contribution is 6.30. The molecule has 3 rings (SSSR count). The molecule has 4 nitrogen and oxygen atoms in total. The number of benzene rings is 2. The summed E-state index contributed by atoms with van der Waals surface area (Å²) in [5.41, 5.74) is 2.59. The smallest absolute Gasteiger partial charge is 0.343 e. The number of aliphatic hydroxyl groups excluding tert-OH is 1. The van der Waals surface area contributed by atoms with E-state index in [4.69, 9.17) is 21.3 Å². The number of dihydropyridines is 1. The van der Waals surface area contributed by atoms with Gasteiger partial charge >= 0.3 is 5.97 Å². The molecule has 1 N–H and O–H groups in total. The van der Waals surface area contributed by atoms with Gasteiger partial charge in [0.2, 0.25) is 0 Å².